The molecule has 2 heteroatoms. The molecule has 2 N–H and O–H groups in total. The van der Waals surface area contributed by atoms with Gasteiger partial charge in [0, 0.05) is 23.3 Å². The van der Waals surface area contributed by atoms with E-state index < -0.39 is 0 Å². The molecule has 2 aromatic heterocycles. The summed E-state index contributed by atoms with van der Waals surface area (Å²) in [5.74, 6) is 0.245. The van der Waals surface area contributed by atoms with Gasteiger partial charge in [-0.15, -0.1) is 0 Å². The SMILES string of the molecule is Cc1ccc(C(c2ccccc2)c2ccc[nH]2)[nH]1. The summed E-state index contributed by atoms with van der Waals surface area (Å²) in [5.41, 5.74) is 4.92. The molecule has 0 aliphatic heterocycles. The van der Waals surface area contributed by atoms with Crippen LogP contribution in [0.4, 0.5) is 0 Å². The fourth-order valence-electron chi connectivity index (χ4n) is 2.39. The van der Waals surface area contributed by atoms with Crippen LogP contribution in [0.1, 0.15) is 28.6 Å². The van der Waals surface area contributed by atoms with E-state index in [1.165, 1.54) is 22.6 Å². The van der Waals surface area contributed by atoms with Gasteiger partial charge in [0.25, 0.3) is 0 Å². The fraction of sp³-hybridized carbons (Fsp3) is 0.125. The molecular weight excluding hydrogens is 220 g/mol. The van der Waals surface area contributed by atoms with Crippen molar-refractivity contribution in [2.24, 2.45) is 0 Å². The van der Waals surface area contributed by atoms with Crippen molar-refractivity contribution in [2.75, 3.05) is 0 Å². The van der Waals surface area contributed by atoms with Crippen molar-refractivity contribution in [1.29, 1.82) is 0 Å². The largest absolute Gasteiger partial charge is 0.364 e. The third-order valence-corrected chi connectivity index (χ3v) is 3.23. The highest BCUT2D eigenvalue weighted by molar-refractivity contribution is 5.38. The summed E-state index contributed by atoms with van der Waals surface area (Å²) in [6, 6.07) is 19.0. The maximum absolute atomic E-state index is 3.44. The van der Waals surface area contributed by atoms with Crippen LogP contribution < -0.4 is 0 Å². The third kappa shape index (κ3) is 1.97. The van der Waals surface area contributed by atoms with Crippen molar-refractivity contribution < 1.29 is 0 Å². The maximum Gasteiger partial charge on any atom is 0.0641 e. The van der Waals surface area contributed by atoms with Gasteiger partial charge in [-0.2, -0.15) is 0 Å². The number of benzene rings is 1. The monoisotopic (exact) mass is 236 g/mol. The molecule has 3 aromatic rings. The van der Waals surface area contributed by atoms with E-state index in [0.717, 1.165) is 0 Å². The molecule has 0 saturated heterocycles. The van der Waals surface area contributed by atoms with Gasteiger partial charge in [-0.3, -0.25) is 0 Å². The van der Waals surface area contributed by atoms with Gasteiger partial charge in [0.05, 0.1) is 5.92 Å². The molecule has 3 rings (SSSR count). The van der Waals surface area contributed by atoms with Crippen LogP contribution in [0.5, 0.6) is 0 Å². The molecular formula is C16H16N2. The van der Waals surface area contributed by atoms with E-state index in [0.29, 0.717) is 0 Å². The van der Waals surface area contributed by atoms with Crippen LogP contribution in [-0.2, 0) is 0 Å². The first-order chi connectivity index (χ1) is 8.84. The van der Waals surface area contributed by atoms with Crippen LogP contribution >= 0.6 is 0 Å². The van der Waals surface area contributed by atoms with E-state index in [1.54, 1.807) is 0 Å². The van der Waals surface area contributed by atoms with Crippen molar-refractivity contribution in [1.82, 2.24) is 9.97 Å². The zero-order chi connectivity index (χ0) is 12.4. The number of rotatable bonds is 3. The highest BCUT2D eigenvalue weighted by atomic mass is 14.8. The van der Waals surface area contributed by atoms with Crippen molar-refractivity contribution in [2.45, 2.75) is 12.8 Å². The summed E-state index contributed by atoms with van der Waals surface area (Å²) < 4.78 is 0. The van der Waals surface area contributed by atoms with E-state index in [2.05, 4.69) is 65.4 Å². The normalized spacial score (nSPS) is 12.5. The van der Waals surface area contributed by atoms with E-state index in [4.69, 9.17) is 0 Å². The van der Waals surface area contributed by atoms with E-state index in [-0.39, 0.29) is 5.92 Å². The summed E-state index contributed by atoms with van der Waals surface area (Å²) >= 11 is 0. The first kappa shape index (κ1) is 10.9. The first-order valence-corrected chi connectivity index (χ1v) is 6.18. The number of hydrogen-bond donors (Lipinski definition) is 2. The summed E-state index contributed by atoms with van der Waals surface area (Å²) in [6.07, 6.45) is 1.97. The number of aromatic nitrogens is 2. The van der Waals surface area contributed by atoms with Crippen LogP contribution in [0.25, 0.3) is 0 Å². The second kappa shape index (κ2) is 4.57. The number of aromatic amines is 2. The molecule has 0 bridgehead atoms. The molecule has 18 heavy (non-hydrogen) atoms. The topological polar surface area (TPSA) is 31.6 Å². The second-order valence-corrected chi connectivity index (χ2v) is 4.57. The van der Waals surface area contributed by atoms with Crippen LogP contribution in [0.15, 0.2) is 60.8 Å². The third-order valence-electron chi connectivity index (χ3n) is 3.23. The standard InChI is InChI=1S/C16H16N2/c1-12-9-10-15(18-12)16(14-8-5-11-17-14)13-6-3-2-4-7-13/h2-11,16-18H,1H3. The highest BCUT2D eigenvalue weighted by Gasteiger charge is 2.18. The van der Waals surface area contributed by atoms with Crippen LogP contribution in [-0.4, -0.2) is 9.97 Å². The lowest BCUT2D eigenvalue weighted by Crippen LogP contribution is -2.04. The Kier molecular flexibility index (Phi) is 2.77. The molecule has 1 aromatic carbocycles. The van der Waals surface area contributed by atoms with Gasteiger partial charge in [0.1, 0.15) is 0 Å². The molecule has 0 saturated carbocycles. The van der Waals surface area contributed by atoms with Gasteiger partial charge in [-0.05, 0) is 36.8 Å². The molecule has 0 aliphatic rings. The average molecular weight is 236 g/mol. The van der Waals surface area contributed by atoms with Gasteiger partial charge in [0.15, 0.2) is 0 Å². The molecule has 1 unspecified atom stereocenters. The van der Waals surface area contributed by atoms with Crippen LogP contribution in [0.2, 0.25) is 0 Å². The Morgan fingerprint density at radius 1 is 0.833 bits per heavy atom. The summed E-state index contributed by atoms with van der Waals surface area (Å²) in [7, 11) is 0. The Bertz CT molecular complexity index is 606. The fourth-order valence-corrected chi connectivity index (χ4v) is 2.39. The van der Waals surface area contributed by atoms with Crippen LogP contribution in [0.3, 0.4) is 0 Å². The molecule has 0 spiro atoms. The smallest absolute Gasteiger partial charge is 0.0641 e. The Balaban J connectivity index is 2.10. The summed E-state index contributed by atoms with van der Waals surface area (Å²) in [6.45, 7) is 2.08. The average Bonchev–Trinajstić information content (AvgIpc) is 3.04. The van der Waals surface area contributed by atoms with Crippen molar-refractivity contribution in [3.8, 4) is 0 Å². The Morgan fingerprint density at radius 3 is 2.28 bits per heavy atom. The zero-order valence-electron chi connectivity index (χ0n) is 10.4. The zero-order valence-corrected chi connectivity index (χ0v) is 10.4. The molecule has 0 radical (unpaired) electrons. The quantitative estimate of drug-likeness (QED) is 0.692. The second-order valence-electron chi connectivity index (χ2n) is 4.57. The molecule has 2 heterocycles. The number of H-pyrrole nitrogens is 2. The minimum atomic E-state index is 0.245. The maximum atomic E-state index is 3.44. The lowest BCUT2D eigenvalue weighted by atomic mass is 9.93. The molecule has 2 nitrogen and oxygen atoms in total. The van der Waals surface area contributed by atoms with Gasteiger partial charge in [-0.1, -0.05) is 30.3 Å². The van der Waals surface area contributed by atoms with E-state index in [9.17, 15) is 0 Å². The summed E-state index contributed by atoms with van der Waals surface area (Å²) in [4.78, 5) is 6.77. The Labute approximate surface area is 107 Å². The lowest BCUT2D eigenvalue weighted by Gasteiger charge is -2.15. The van der Waals surface area contributed by atoms with E-state index in [1.807, 2.05) is 12.3 Å². The predicted molar refractivity (Wildman–Crippen MR) is 73.7 cm³/mol. The van der Waals surface area contributed by atoms with Gasteiger partial charge >= 0.3 is 0 Å². The number of hydrogen-bond acceptors (Lipinski definition) is 0. The van der Waals surface area contributed by atoms with Gasteiger partial charge in [0.2, 0.25) is 0 Å². The molecule has 90 valence electrons. The van der Waals surface area contributed by atoms with E-state index >= 15 is 0 Å². The molecule has 0 fully saturated rings. The summed E-state index contributed by atoms with van der Waals surface area (Å²) in [5, 5.41) is 0. The number of aryl methyl sites for hydroxylation is 1. The van der Waals surface area contributed by atoms with Crippen LogP contribution in [0, 0.1) is 6.92 Å². The predicted octanol–water partition coefficient (Wildman–Crippen LogP) is 3.83. The Hall–Kier alpha value is -2.22. The first-order valence-electron chi connectivity index (χ1n) is 6.18. The highest BCUT2D eigenvalue weighted by Crippen LogP contribution is 2.29. The van der Waals surface area contributed by atoms with Crippen molar-refractivity contribution in [3.05, 3.63) is 83.4 Å². The van der Waals surface area contributed by atoms with Gasteiger partial charge < -0.3 is 9.97 Å². The molecule has 0 amide bonds. The minimum Gasteiger partial charge on any atom is -0.364 e. The molecule has 0 aliphatic carbocycles. The molecule has 1 atom stereocenters. The minimum absolute atomic E-state index is 0.245. The van der Waals surface area contributed by atoms with Crippen molar-refractivity contribution >= 4 is 0 Å². The van der Waals surface area contributed by atoms with Crippen molar-refractivity contribution in [3.63, 3.8) is 0 Å². The van der Waals surface area contributed by atoms with Gasteiger partial charge in [-0.25, -0.2) is 0 Å². The number of nitrogens with one attached hydrogen (secondary N) is 2. The Morgan fingerprint density at radius 2 is 1.67 bits per heavy atom. The lowest BCUT2D eigenvalue weighted by molar-refractivity contribution is 0.892.